The van der Waals surface area contributed by atoms with E-state index in [4.69, 9.17) is 0 Å². The Hall–Kier alpha value is -0.650. The lowest BCUT2D eigenvalue weighted by atomic mass is 10.00. The predicted octanol–water partition coefficient (Wildman–Crippen LogP) is -0.594. The van der Waals surface area contributed by atoms with Crippen molar-refractivity contribution >= 4 is 5.91 Å². The average molecular weight is 253 g/mol. The third kappa shape index (κ3) is 2.39. The number of carbonyl (C=O) groups is 1. The number of hydrogen-bond donors (Lipinski definition) is 2. The maximum absolute atomic E-state index is 12.4. The van der Waals surface area contributed by atoms with Gasteiger partial charge in [0.15, 0.2) is 0 Å². The van der Waals surface area contributed by atoms with Crippen LogP contribution >= 0.6 is 0 Å². The van der Waals surface area contributed by atoms with Crippen LogP contribution in [0, 0.1) is 0 Å². The van der Waals surface area contributed by atoms with Crippen molar-refractivity contribution in [2.75, 3.05) is 32.7 Å². The van der Waals surface area contributed by atoms with Crippen LogP contribution in [-0.4, -0.2) is 71.7 Å². The molecule has 0 spiro atoms. The van der Waals surface area contributed by atoms with E-state index in [0.29, 0.717) is 18.6 Å². The molecule has 0 aromatic heterocycles. The second-order valence-corrected chi connectivity index (χ2v) is 5.84. The summed E-state index contributed by atoms with van der Waals surface area (Å²) in [5.74, 6) is 0.274. The monoisotopic (exact) mass is 253 g/mol. The molecule has 3 saturated heterocycles. The molecule has 3 aliphatic rings. The number of hydrogen-bond acceptors (Lipinski definition) is 4. The molecule has 3 aliphatic heterocycles. The molecule has 3 fully saturated rings. The lowest BCUT2D eigenvalue weighted by molar-refractivity contribution is -0.138. The van der Waals surface area contributed by atoms with Crippen LogP contribution in [0.1, 0.15) is 25.7 Å². The van der Waals surface area contributed by atoms with Gasteiger partial charge in [0.2, 0.25) is 5.91 Å². The third-order valence-corrected chi connectivity index (χ3v) is 4.56. The van der Waals surface area contributed by atoms with Crippen molar-refractivity contribution in [2.45, 2.75) is 43.9 Å². The quantitative estimate of drug-likeness (QED) is 0.690. The Kier molecular flexibility index (Phi) is 3.54. The second-order valence-electron chi connectivity index (χ2n) is 5.84. The lowest BCUT2D eigenvalue weighted by Crippen LogP contribution is -2.53. The molecular formula is C13H23N3O2. The number of amides is 1. The van der Waals surface area contributed by atoms with Crippen molar-refractivity contribution in [1.29, 1.82) is 0 Å². The SMILES string of the molecule is O=C(CN1CCNCC1)N1C2CCC1CC(O)C2. The lowest BCUT2D eigenvalue weighted by Gasteiger charge is -2.38. The van der Waals surface area contributed by atoms with Gasteiger partial charge in [0.25, 0.3) is 0 Å². The maximum Gasteiger partial charge on any atom is 0.237 e. The fourth-order valence-corrected chi connectivity index (χ4v) is 3.70. The Bertz CT molecular complexity index is 303. The highest BCUT2D eigenvalue weighted by atomic mass is 16.3. The van der Waals surface area contributed by atoms with Crippen molar-refractivity contribution in [2.24, 2.45) is 0 Å². The Balaban J connectivity index is 1.59. The number of aliphatic hydroxyl groups excluding tert-OH is 1. The van der Waals surface area contributed by atoms with Crippen LogP contribution in [0.3, 0.4) is 0 Å². The minimum atomic E-state index is -0.189. The molecule has 0 aromatic rings. The molecule has 2 bridgehead atoms. The molecule has 102 valence electrons. The summed E-state index contributed by atoms with van der Waals surface area (Å²) >= 11 is 0. The fourth-order valence-electron chi connectivity index (χ4n) is 3.70. The number of nitrogens with zero attached hydrogens (tertiary/aromatic N) is 2. The van der Waals surface area contributed by atoms with E-state index in [-0.39, 0.29) is 12.0 Å². The van der Waals surface area contributed by atoms with E-state index in [1.165, 1.54) is 0 Å². The van der Waals surface area contributed by atoms with Crippen molar-refractivity contribution in [3.8, 4) is 0 Å². The summed E-state index contributed by atoms with van der Waals surface area (Å²) in [6, 6.07) is 0.600. The first-order valence-electron chi connectivity index (χ1n) is 7.16. The summed E-state index contributed by atoms with van der Waals surface area (Å²) in [4.78, 5) is 16.7. The summed E-state index contributed by atoms with van der Waals surface area (Å²) in [5.41, 5.74) is 0. The van der Waals surface area contributed by atoms with E-state index in [1.807, 2.05) is 0 Å². The first-order valence-corrected chi connectivity index (χ1v) is 7.16. The standard InChI is InChI=1S/C13H23N3O2/c17-12-7-10-1-2-11(8-12)16(10)13(18)9-15-5-3-14-4-6-15/h10-12,14,17H,1-9H2. The van der Waals surface area contributed by atoms with Crippen molar-refractivity contribution < 1.29 is 9.90 Å². The first-order chi connectivity index (χ1) is 8.74. The van der Waals surface area contributed by atoms with Gasteiger partial charge in [0.1, 0.15) is 0 Å². The van der Waals surface area contributed by atoms with Crippen LogP contribution in [-0.2, 0) is 4.79 Å². The highest BCUT2D eigenvalue weighted by Gasteiger charge is 2.42. The molecule has 3 rings (SSSR count). The Morgan fingerprint density at radius 3 is 2.39 bits per heavy atom. The van der Waals surface area contributed by atoms with E-state index in [9.17, 15) is 9.90 Å². The van der Waals surface area contributed by atoms with Gasteiger partial charge in [-0.05, 0) is 25.7 Å². The zero-order chi connectivity index (χ0) is 12.5. The molecule has 18 heavy (non-hydrogen) atoms. The zero-order valence-electron chi connectivity index (χ0n) is 10.8. The van der Waals surface area contributed by atoms with Gasteiger partial charge < -0.3 is 15.3 Å². The Labute approximate surface area is 108 Å². The minimum absolute atomic E-state index is 0.189. The number of fused-ring (bicyclic) bond motifs is 2. The summed E-state index contributed by atoms with van der Waals surface area (Å²) in [6.07, 6.45) is 3.53. The highest BCUT2D eigenvalue weighted by molar-refractivity contribution is 5.79. The van der Waals surface area contributed by atoms with Gasteiger partial charge in [0, 0.05) is 38.3 Å². The Morgan fingerprint density at radius 2 is 1.78 bits per heavy atom. The first kappa shape index (κ1) is 12.4. The van der Waals surface area contributed by atoms with Gasteiger partial charge in [-0.15, -0.1) is 0 Å². The molecule has 1 amide bonds. The second kappa shape index (κ2) is 5.15. The number of carbonyl (C=O) groups excluding carboxylic acids is 1. The van der Waals surface area contributed by atoms with Crippen LogP contribution in [0.15, 0.2) is 0 Å². The molecule has 2 atom stereocenters. The summed E-state index contributed by atoms with van der Waals surface area (Å²) < 4.78 is 0. The van der Waals surface area contributed by atoms with Crippen LogP contribution in [0.2, 0.25) is 0 Å². The van der Waals surface area contributed by atoms with E-state index in [1.54, 1.807) is 0 Å². The van der Waals surface area contributed by atoms with E-state index >= 15 is 0 Å². The van der Waals surface area contributed by atoms with Gasteiger partial charge in [-0.3, -0.25) is 9.69 Å². The molecule has 0 radical (unpaired) electrons. The average Bonchev–Trinajstić information content (AvgIpc) is 2.63. The smallest absolute Gasteiger partial charge is 0.237 e. The molecule has 2 unspecified atom stereocenters. The van der Waals surface area contributed by atoms with Gasteiger partial charge >= 0.3 is 0 Å². The Morgan fingerprint density at radius 1 is 1.17 bits per heavy atom. The largest absolute Gasteiger partial charge is 0.393 e. The van der Waals surface area contributed by atoms with Crippen LogP contribution in [0.5, 0.6) is 0 Å². The van der Waals surface area contributed by atoms with Gasteiger partial charge in [-0.1, -0.05) is 0 Å². The van der Waals surface area contributed by atoms with Gasteiger partial charge in [0.05, 0.1) is 12.6 Å². The molecule has 5 heteroatoms. The highest BCUT2D eigenvalue weighted by Crippen LogP contribution is 2.35. The van der Waals surface area contributed by atoms with E-state index in [2.05, 4.69) is 15.1 Å². The van der Waals surface area contributed by atoms with Crippen LogP contribution < -0.4 is 5.32 Å². The van der Waals surface area contributed by atoms with Gasteiger partial charge in [-0.2, -0.15) is 0 Å². The molecular weight excluding hydrogens is 230 g/mol. The maximum atomic E-state index is 12.4. The minimum Gasteiger partial charge on any atom is -0.393 e. The number of rotatable bonds is 2. The molecule has 0 saturated carbocycles. The summed E-state index contributed by atoms with van der Waals surface area (Å²) in [7, 11) is 0. The molecule has 2 N–H and O–H groups in total. The number of aliphatic hydroxyl groups is 1. The topological polar surface area (TPSA) is 55.8 Å². The van der Waals surface area contributed by atoms with E-state index < -0.39 is 0 Å². The number of piperidine rings is 1. The number of piperazine rings is 1. The van der Waals surface area contributed by atoms with Gasteiger partial charge in [-0.25, -0.2) is 0 Å². The molecule has 3 heterocycles. The van der Waals surface area contributed by atoms with Crippen LogP contribution in [0.25, 0.3) is 0 Å². The predicted molar refractivity (Wildman–Crippen MR) is 68.2 cm³/mol. The number of nitrogens with one attached hydrogen (secondary N) is 1. The van der Waals surface area contributed by atoms with E-state index in [0.717, 1.165) is 51.9 Å². The molecule has 0 aromatic carbocycles. The van der Waals surface area contributed by atoms with Crippen LogP contribution in [0.4, 0.5) is 0 Å². The summed E-state index contributed by atoms with van der Waals surface area (Å²) in [5, 5.41) is 13.1. The molecule has 5 nitrogen and oxygen atoms in total. The third-order valence-electron chi connectivity index (χ3n) is 4.56. The summed E-state index contributed by atoms with van der Waals surface area (Å²) in [6.45, 7) is 4.47. The van der Waals surface area contributed by atoms with Crippen molar-refractivity contribution in [3.05, 3.63) is 0 Å². The van der Waals surface area contributed by atoms with Crippen molar-refractivity contribution in [3.63, 3.8) is 0 Å². The normalized spacial score (nSPS) is 36.9. The van der Waals surface area contributed by atoms with Crippen molar-refractivity contribution in [1.82, 2.24) is 15.1 Å². The molecule has 0 aliphatic carbocycles. The fraction of sp³-hybridized carbons (Fsp3) is 0.923. The zero-order valence-corrected chi connectivity index (χ0v) is 10.8.